The summed E-state index contributed by atoms with van der Waals surface area (Å²) in [6.07, 6.45) is 5.43. The first kappa shape index (κ1) is 30.2. The average Bonchev–Trinajstić information content (AvgIpc) is 2.90. The third-order valence-electron chi connectivity index (χ3n) is 5.08. The molecule has 0 spiro atoms. The van der Waals surface area contributed by atoms with Crippen molar-refractivity contribution in [1.82, 2.24) is 20.5 Å². The van der Waals surface area contributed by atoms with Gasteiger partial charge in [-0.15, -0.1) is 0 Å². The summed E-state index contributed by atoms with van der Waals surface area (Å²) in [5, 5.41) is 17.0. The van der Waals surface area contributed by atoms with Crippen LogP contribution in [0.4, 0.5) is 0 Å². The summed E-state index contributed by atoms with van der Waals surface area (Å²) in [7, 11) is 1.73. The number of nitrogens with zero attached hydrogens (tertiary/aromatic N) is 1. The van der Waals surface area contributed by atoms with Crippen molar-refractivity contribution in [1.29, 1.82) is 0 Å². The number of hydrogen-bond donors (Lipinski definition) is 4. The van der Waals surface area contributed by atoms with Crippen LogP contribution in [0.3, 0.4) is 0 Å². The number of benzene rings is 1. The Morgan fingerprint density at radius 3 is 2.31 bits per heavy atom. The molecule has 2 aromatic rings. The molecule has 4 N–H and O–H groups in total. The molecule has 0 saturated carbocycles. The van der Waals surface area contributed by atoms with Gasteiger partial charge in [-0.2, -0.15) is 0 Å². The van der Waals surface area contributed by atoms with Crippen LogP contribution in [0.2, 0.25) is 0 Å². The average molecular weight is 503 g/mol. The number of H-pyrrole nitrogens is 1. The summed E-state index contributed by atoms with van der Waals surface area (Å²) >= 11 is 5.84. The highest BCUT2D eigenvalue weighted by Crippen LogP contribution is 2.11. The van der Waals surface area contributed by atoms with E-state index in [0.29, 0.717) is 36.9 Å². The van der Waals surface area contributed by atoms with Crippen LogP contribution in [-0.4, -0.2) is 53.7 Å². The number of nitrogens with one attached hydrogen (secondary N) is 3. The third kappa shape index (κ3) is 10.5. The first-order valence-corrected chi connectivity index (χ1v) is 12.5. The van der Waals surface area contributed by atoms with Crippen molar-refractivity contribution in [2.45, 2.75) is 46.8 Å². The number of aliphatic hydroxyl groups is 1. The van der Waals surface area contributed by atoms with Gasteiger partial charge in [0.05, 0.1) is 6.10 Å². The van der Waals surface area contributed by atoms with Gasteiger partial charge in [-0.1, -0.05) is 63.6 Å². The number of amides is 1. The quantitative estimate of drug-likeness (QED) is 0.309. The molecule has 1 atom stereocenters. The number of carbonyl (C=O) groups excluding carboxylic acids is 1. The first-order valence-electron chi connectivity index (χ1n) is 12.1. The van der Waals surface area contributed by atoms with E-state index in [-0.39, 0.29) is 11.5 Å². The lowest BCUT2D eigenvalue weighted by Crippen LogP contribution is -2.33. The molecule has 1 unspecified atom stereocenters. The summed E-state index contributed by atoms with van der Waals surface area (Å²) in [6, 6.07) is 10.7. The van der Waals surface area contributed by atoms with Gasteiger partial charge >= 0.3 is 0 Å². The number of dihydropyridines is 1. The topological polar surface area (TPSA) is 97.5 Å². The molecule has 35 heavy (non-hydrogen) atoms. The van der Waals surface area contributed by atoms with Gasteiger partial charge in [-0.3, -0.25) is 9.59 Å². The Labute approximate surface area is 213 Å². The number of aromatic amines is 1. The van der Waals surface area contributed by atoms with Crippen LogP contribution in [-0.2, 0) is 13.0 Å². The molecule has 3 rings (SSSR count). The van der Waals surface area contributed by atoms with Crippen LogP contribution in [0.15, 0.2) is 70.3 Å². The number of pyridine rings is 1. The van der Waals surface area contributed by atoms with Crippen molar-refractivity contribution < 1.29 is 9.90 Å². The second kappa shape index (κ2) is 16.7. The van der Waals surface area contributed by atoms with E-state index in [1.165, 1.54) is 6.07 Å². The number of rotatable bonds is 9. The number of halogens is 1. The first-order chi connectivity index (χ1) is 16.9. The predicted molar refractivity (Wildman–Crippen MR) is 145 cm³/mol. The molecule has 8 heteroatoms. The van der Waals surface area contributed by atoms with Crippen LogP contribution in [0.1, 0.15) is 49.2 Å². The monoisotopic (exact) mass is 502 g/mol. The van der Waals surface area contributed by atoms with Gasteiger partial charge in [0, 0.05) is 44.5 Å². The Morgan fingerprint density at radius 2 is 1.74 bits per heavy atom. The Bertz CT molecular complexity index is 995. The molecule has 1 aromatic heterocycles. The van der Waals surface area contributed by atoms with Crippen molar-refractivity contribution in [3.05, 3.63) is 92.5 Å². The van der Waals surface area contributed by atoms with E-state index in [2.05, 4.69) is 15.6 Å². The second-order valence-electron chi connectivity index (χ2n) is 7.50. The molecule has 1 amide bonds. The lowest BCUT2D eigenvalue weighted by atomic mass is 10.1. The summed E-state index contributed by atoms with van der Waals surface area (Å²) in [6.45, 7) is 10.1. The van der Waals surface area contributed by atoms with Gasteiger partial charge in [0.2, 0.25) is 5.56 Å². The van der Waals surface area contributed by atoms with E-state index in [1.54, 1.807) is 30.3 Å². The molecule has 7 nitrogen and oxygen atoms in total. The SMILES string of the molecule is CC.CC.CN(Cc1ccc(=O)[nH]c1)C(=O)c1ccc(CCNCC(O)C2=CC=C(Cl)NC2)cc1. The fourth-order valence-corrected chi connectivity index (χ4v) is 3.37. The molecular formula is C27H39ClN4O3. The highest BCUT2D eigenvalue weighted by molar-refractivity contribution is 6.29. The summed E-state index contributed by atoms with van der Waals surface area (Å²) in [5.74, 6) is -0.0810. The number of aliphatic hydroxyl groups excluding tert-OH is 1. The van der Waals surface area contributed by atoms with E-state index in [9.17, 15) is 14.7 Å². The molecule has 2 heterocycles. The minimum Gasteiger partial charge on any atom is -0.387 e. The number of aromatic nitrogens is 1. The minimum atomic E-state index is -0.563. The van der Waals surface area contributed by atoms with Gasteiger partial charge in [-0.05, 0) is 47.9 Å². The van der Waals surface area contributed by atoms with Crippen molar-refractivity contribution in [3.8, 4) is 0 Å². The number of allylic oxidation sites excluding steroid dienone is 2. The largest absolute Gasteiger partial charge is 0.387 e. The van der Waals surface area contributed by atoms with E-state index in [0.717, 1.165) is 23.1 Å². The molecule has 1 aliphatic heterocycles. The highest BCUT2D eigenvalue weighted by atomic mass is 35.5. The maximum atomic E-state index is 12.6. The smallest absolute Gasteiger partial charge is 0.253 e. The van der Waals surface area contributed by atoms with Crippen molar-refractivity contribution in [3.63, 3.8) is 0 Å². The molecule has 0 fully saturated rings. The van der Waals surface area contributed by atoms with Crippen molar-refractivity contribution in [2.24, 2.45) is 0 Å². The van der Waals surface area contributed by atoms with Crippen LogP contribution in [0, 0.1) is 0 Å². The number of hydrogen-bond acceptors (Lipinski definition) is 5. The van der Waals surface area contributed by atoms with Gasteiger partial charge in [0.15, 0.2) is 0 Å². The van der Waals surface area contributed by atoms with E-state index >= 15 is 0 Å². The lowest BCUT2D eigenvalue weighted by Gasteiger charge is -2.19. The van der Waals surface area contributed by atoms with Crippen molar-refractivity contribution in [2.75, 3.05) is 26.7 Å². The zero-order chi connectivity index (χ0) is 26.2. The maximum Gasteiger partial charge on any atom is 0.253 e. The van der Waals surface area contributed by atoms with E-state index in [4.69, 9.17) is 11.6 Å². The predicted octanol–water partition coefficient (Wildman–Crippen LogP) is 3.80. The standard InChI is InChI=1S/C23H27ClN4O3.2C2H6/c1-28(15-17-4-9-22(30)27-12-17)23(31)18-5-2-16(3-6-18)10-11-25-14-20(29)19-7-8-21(24)26-13-19;2*1-2/h2-9,12,20,25-26,29H,10-11,13-15H2,1H3,(H,27,30);2*1-2H3. The van der Waals surface area contributed by atoms with Gasteiger partial charge in [-0.25, -0.2) is 0 Å². The van der Waals surface area contributed by atoms with Gasteiger partial charge in [0.25, 0.3) is 5.91 Å². The Morgan fingerprint density at radius 1 is 1.09 bits per heavy atom. The van der Waals surface area contributed by atoms with Gasteiger partial charge < -0.3 is 25.6 Å². The molecule has 0 saturated heterocycles. The van der Waals surface area contributed by atoms with Crippen LogP contribution in [0.25, 0.3) is 0 Å². The Balaban J connectivity index is 0.00000145. The van der Waals surface area contributed by atoms with Crippen LogP contribution >= 0.6 is 11.6 Å². The summed E-state index contributed by atoms with van der Waals surface area (Å²) in [4.78, 5) is 28.0. The molecule has 0 aliphatic carbocycles. The molecule has 192 valence electrons. The lowest BCUT2D eigenvalue weighted by molar-refractivity contribution is 0.0785. The second-order valence-corrected chi connectivity index (χ2v) is 7.91. The highest BCUT2D eigenvalue weighted by Gasteiger charge is 2.14. The zero-order valence-electron chi connectivity index (χ0n) is 21.4. The maximum absolute atomic E-state index is 12.6. The molecule has 1 aromatic carbocycles. The zero-order valence-corrected chi connectivity index (χ0v) is 22.2. The molecule has 0 radical (unpaired) electrons. The molecular weight excluding hydrogens is 464 g/mol. The summed E-state index contributed by atoms with van der Waals surface area (Å²) in [5.41, 5.74) is 3.31. The molecule has 0 bridgehead atoms. The van der Waals surface area contributed by atoms with Gasteiger partial charge in [0.1, 0.15) is 5.16 Å². The van der Waals surface area contributed by atoms with Crippen molar-refractivity contribution >= 4 is 17.5 Å². The Kier molecular flexibility index (Phi) is 14.4. The minimum absolute atomic E-state index is 0.0810. The normalized spacial score (nSPS) is 13.0. The van der Waals surface area contributed by atoms with Crippen LogP contribution < -0.4 is 16.2 Å². The number of carbonyl (C=O) groups is 1. The third-order valence-corrected chi connectivity index (χ3v) is 5.34. The van der Waals surface area contributed by atoms with E-state index < -0.39 is 6.10 Å². The summed E-state index contributed by atoms with van der Waals surface area (Å²) < 4.78 is 0. The molecule has 1 aliphatic rings. The Hall–Kier alpha value is -2.87. The fraction of sp³-hybridized carbons (Fsp3) is 0.407. The fourth-order valence-electron chi connectivity index (χ4n) is 3.24. The van der Waals surface area contributed by atoms with E-state index in [1.807, 2.05) is 58.0 Å². The van der Waals surface area contributed by atoms with Crippen LogP contribution in [0.5, 0.6) is 0 Å².